The van der Waals surface area contributed by atoms with Gasteiger partial charge in [0, 0.05) is 12.5 Å². The van der Waals surface area contributed by atoms with Crippen molar-refractivity contribution in [2.24, 2.45) is 0 Å². The number of carboxylic acid groups (broad SMARTS) is 1. The standard InChI is InChI=1S/C21H23FO4/c1-2-3-4-5-6-13-25-20-14-18(11-12-19(20)21(23)24)26-15-16-7-9-17(22)10-8-16/h2-4,7-9,11-12,14,17H,1,5-6,10,13,15H2,(H,23,24)/b4-3-/t17-/m0/s1. The van der Waals surface area contributed by atoms with Crippen LogP contribution in [0, 0.1) is 0 Å². The summed E-state index contributed by atoms with van der Waals surface area (Å²) in [5.41, 5.74) is 0.980. The monoisotopic (exact) mass is 358 g/mol. The molecule has 5 heteroatoms. The summed E-state index contributed by atoms with van der Waals surface area (Å²) >= 11 is 0. The quantitative estimate of drug-likeness (QED) is 0.478. The smallest absolute Gasteiger partial charge is 0.339 e. The van der Waals surface area contributed by atoms with E-state index < -0.39 is 12.1 Å². The SMILES string of the molecule is C=C/C=C\CCCOc1cc(OCC2=CC[C@@H](F)C=C2)ccc1C(=O)O. The molecular formula is C21H23FO4. The van der Waals surface area contributed by atoms with Crippen LogP contribution < -0.4 is 9.47 Å². The van der Waals surface area contributed by atoms with Crippen LogP contribution in [0.4, 0.5) is 4.39 Å². The molecule has 1 N–H and O–H groups in total. The third-order valence-corrected chi connectivity index (χ3v) is 3.76. The van der Waals surface area contributed by atoms with Gasteiger partial charge in [0.15, 0.2) is 0 Å². The summed E-state index contributed by atoms with van der Waals surface area (Å²) in [6.07, 6.45) is 11.5. The molecular weight excluding hydrogens is 335 g/mol. The van der Waals surface area contributed by atoms with Gasteiger partial charge in [-0.25, -0.2) is 9.18 Å². The first kappa shape index (κ1) is 19.5. The highest BCUT2D eigenvalue weighted by molar-refractivity contribution is 5.91. The lowest BCUT2D eigenvalue weighted by molar-refractivity contribution is 0.0692. The van der Waals surface area contributed by atoms with Crippen LogP contribution in [0.15, 0.2) is 66.8 Å². The van der Waals surface area contributed by atoms with Crippen LogP contribution in [0.25, 0.3) is 0 Å². The van der Waals surface area contributed by atoms with E-state index in [1.165, 1.54) is 12.1 Å². The lowest BCUT2D eigenvalue weighted by Gasteiger charge is -2.14. The molecule has 0 amide bonds. The summed E-state index contributed by atoms with van der Waals surface area (Å²) in [6.45, 7) is 4.29. The summed E-state index contributed by atoms with van der Waals surface area (Å²) < 4.78 is 24.4. The number of aromatic carboxylic acids is 1. The lowest BCUT2D eigenvalue weighted by atomic mass is 10.1. The lowest BCUT2D eigenvalue weighted by Crippen LogP contribution is -2.07. The van der Waals surface area contributed by atoms with Crippen LogP contribution in [0.2, 0.25) is 0 Å². The Kier molecular flexibility index (Phi) is 7.68. The first-order chi connectivity index (χ1) is 12.6. The molecule has 1 aromatic carbocycles. The fraction of sp³-hybridized carbons (Fsp3) is 0.286. The fourth-order valence-electron chi connectivity index (χ4n) is 2.38. The maximum atomic E-state index is 13.1. The minimum atomic E-state index is -1.05. The Hall–Kier alpha value is -2.82. The maximum absolute atomic E-state index is 13.1. The molecule has 0 aromatic heterocycles. The van der Waals surface area contributed by atoms with Crippen molar-refractivity contribution in [2.75, 3.05) is 13.2 Å². The molecule has 1 atom stereocenters. The van der Waals surface area contributed by atoms with E-state index >= 15 is 0 Å². The average Bonchev–Trinajstić information content (AvgIpc) is 2.64. The second-order valence-electron chi connectivity index (χ2n) is 5.80. The van der Waals surface area contributed by atoms with E-state index in [0.717, 1.165) is 18.4 Å². The van der Waals surface area contributed by atoms with Gasteiger partial charge in [-0.1, -0.05) is 43.0 Å². The number of hydrogen-bond acceptors (Lipinski definition) is 3. The normalized spacial score (nSPS) is 16.3. The summed E-state index contributed by atoms with van der Waals surface area (Å²) in [5.74, 6) is -0.266. The van der Waals surface area contributed by atoms with Gasteiger partial charge in [-0.2, -0.15) is 0 Å². The molecule has 0 spiro atoms. The molecule has 0 aliphatic heterocycles. The van der Waals surface area contributed by atoms with E-state index in [4.69, 9.17) is 9.47 Å². The van der Waals surface area contributed by atoms with E-state index in [1.54, 1.807) is 30.4 Å². The van der Waals surface area contributed by atoms with Gasteiger partial charge in [-0.05, 0) is 30.5 Å². The highest BCUT2D eigenvalue weighted by Gasteiger charge is 2.13. The number of benzene rings is 1. The summed E-state index contributed by atoms with van der Waals surface area (Å²) in [5, 5.41) is 9.29. The van der Waals surface area contributed by atoms with E-state index in [9.17, 15) is 14.3 Å². The molecule has 0 radical (unpaired) electrons. The van der Waals surface area contributed by atoms with Crippen LogP contribution in [-0.2, 0) is 0 Å². The zero-order valence-electron chi connectivity index (χ0n) is 14.6. The first-order valence-corrected chi connectivity index (χ1v) is 8.52. The highest BCUT2D eigenvalue weighted by Crippen LogP contribution is 2.26. The van der Waals surface area contributed by atoms with Gasteiger partial charge >= 0.3 is 5.97 Å². The molecule has 138 valence electrons. The minimum absolute atomic E-state index is 0.0935. The van der Waals surface area contributed by atoms with Crippen LogP contribution in [-0.4, -0.2) is 30.5 Å². The van der Waals surface area contributed by atoms with Gasteiger partial charge in [0.05, 0.1) is 6.61 Å². The molecule has 2 rings (SSSR count). The summed E-state index contributed by atoms with van der Waals surface area (Å²) in [7, 11) is 0. The maximum Gasteiger partial charge on any atom is 0.339 e. The van der Waals surface area contributed by atoms with Crippen LogP contribution in [0.3, 0.4) is 0 Å². The molecule has 0 heterocycles. The molecule has 26 heavy (non-hydrogen) atoms. The second-order valence-corrected chi connectivity index (χ2v) is 5.80. The Morgan fingerprint density at radius 2 is 2.23 bits per heavy atom. The van der Waals surface area contributed by atoms with Crippen molar-refractivity contribution in [1.82, 2.24) is 0 Å². The Bertz CT molecular complexity index is 719. The number of hydrogen-bond donors (Lipinski definition) is 1. The summed E-state index contributed by atoms with van der Waals surface area (Å²) in [6, 6.07) is 4.63. The number of allylic oxidation sites excluding steroid dienone is 5. The zero-order valence-corrected chi connectivity index (χ0v) is 14.6. The van der Waals surface area contributed by atoms with Crippen molar-refractivity contribution >= 4 is 5.97 Å². The van der Waals surface area contributed by atoms with Crippen LogP contribution in [0.1, 0.15) is 29.6 Å². The number of rotatable bonds is 10. The number of halogens is 1. The second kappa shape index (κ2) is 10.2. The zero-order chi connectivity index (χ0) is 18.8. The molecule has 0 saturated carbocycles. The van der Waals surface area contributed by atoms with E-state index in [1.807, 2.05) is 12.2 Å². The van der Waals surface area contributed by atoms with Crippen molar-refractivity contribution in [1.29, 1.82) is 0 Å². The van der Waals surface area contributed by atoms with Crippen LogP contribution >= 0.6 is 0 Å². The van der Waals surface area contributed by atoms with Crippen molar-refractivity contribution in [3.8, 4) is 11.5 Å². The topological polar surface area (TPSA) is 55.8 Å². The Labute approximate surface area is 152 Å². The molecule has 4 nitrogen and oxygen atoms in total. The van der Waals surface area contributed by atoms with Gasteiger partial charge < -0.3 is 14.6 Å². The Morgan fingerprint density at radius 1 is 1.38 bits per heavy atom. The molecule has 0 bridgehead atoms. The van der Waals surface area contributed by atoms with E-state index in [0.29, 0.717) is 25.4 Å². The number of alkyl halides is 1. The average molecular weight is 358 g/mol. The van der Waals surface area contributed by atoms with Gasteiger partial charge in [-0.15, -0.1) is 0 Å². The van der Waals surface area contributed by atoms with Gasteiger partial charge in [0.1, 0.15) is 29.8 Å². The fourth-order valence-corrected chi connectivity index (χ4v) is 2.38. The van der Waals surface area contributed by atoms with Gasteiger partial charge in [0.25, 0.3) is 0 Å². The van der Waals surface area contributed by atoms with E-state index in [2.05, 4.69) is 6.58 Å². The van der Waals surface area contributed by atoms with Crippen molar-refractivity contribution in [3.05, 3.63) is 72.4 Å². The Morgan fingerprint density at radius 3 is 2.92 bits per heavy atom. The number of unbranched alkanes of at least 4 members (excludes halogenated alkanes) is 1. The third-order valence-electron chi connectivity index (χ3n) is 3.76. The number of carbonyl (C=O) groups is 1. The molecule has 0 unspecified atom stereocenters. The van der Waals surface area contributed by atoms with Crippen molar-refractivity contribution < 1.29 is 23.8 Å². The number of ether oxygens (including phenoxy) is 2. The van der Waals surface area contributed by atoms with Gasteiger partial charge in [-0.3, -0.25) is 0 Å². The molecule has 1 aliphatic rings. The van der Waals surface area contributed by atoms with Gasteiger partial charge in [0.2, 0.25) is 0 Å². The van der Waals surface area contributed by atoms with Crippen molar-refractivity contribution in [2.45, 2.75) is 25.4 Å². The third kappa shape index (κ3) is 6.24. The molecule has 0 fully saturated rings. The summed E-state index contributed by atoms with van der Waals surface area (Å²) in [4.78, 5) is 11.3. The van der Waals surface area contributed by atoms with Crippen molar-refractivity contribution in [3.63, 3.8) is 0 Å². The predicted octanol–water partition coefficient (Wildman–Crippen LogP) is 4.89. The first-order valence-electron chi connectivity index (χ1n) is 8.52. The molecule has 1 aliphatic carbocycles. The number of carboxylic acids is 1. The highest BCUT2D eigenvalue weighted by atomic mass is 19.1. The largest absolute Gasteiger partial charge is 0.493 e. The Balaban J connectivity index is 1.95. The molecule has 0 saturated heterocycles. The minimum Gasteiger partial charge on any atom is -0.493 e. The van der Waals surface area contributed by atoms with E-state index in [-0.39, 0.29) is 11.3 Å². The predicted molar refractivity (Wildman–Crippen MR) is 99.7 cm³/mol. The van der Waals surface area contributed by atoms with Crippen LogP contribution in [0.5, 0.6) is 11.5 Å². The molecule has 1 aromatic rings.